The van der Waals surface area contributed by atoms with Gasteiger partial charge in [0, 0.05) is 37.4 Å². The lowest BCUT2D eigenvalue weighted by Crippen LogP contribution is -2.26. The van der Waals surface area contributed by atoms with Gasteiger partial charge in [-0.1, -0.05) is 0 Å². The van der Waals surface area contributed by atoms with Gasteiger partial charge in [-0.2, -0.15) is 0 Å². The van der Waals surface area contributed by atoms with E-state index in [4.69, 9.17) is 5.11 Å². The van der Waals surface area contributed by atoms with Crippen LogP contribution in [0.1, 0.15) is 12.8 Å². The monoisotopic (exact) mass is 285 g/mol. The van der Waals surface area contributed by atoms with Crippen molar-refractivity contribution in [3.05, 3.63) is 30.5 Å². The van der Waals surface area contributed by atoms with E-state index in [9.17, 15) is 4.79 Å². The molecule has 1 fully saturated rings. The number of nitrogens with zero attached hydrogens (tertiary/aromatic N) is 3. The van der Waals surface area contributed by atoms with E-state index in [0.717, 1.165) is 23.9 Å². The Bertz CT molecular complexity index is 666. The second-order valence-electron chi connectivity index (χ2n) is 5.48. The van der Waals surface area contributed by atoms with Gasteiger partial charge in [0.15, 0.2) is 0 Å². The summed E-state index contributed by atoms with van der Waals surface area (Å²) in [6, 6.07) is 8.30. The van der Waals surface area contributed by atoms with Crippen molar-refractivity contribution in [1.82, 2.24) is 4.98 Å². The summed E-state index contributed by atoms with van der Waals surface area (Å²) < 4.78 is 0. The fraction of sp³-hybridized carbons (Fsp3) is 0.375. The van der Waals surface area contributed by atoms with Crippen LogP contribution in [-0.2, 0) is 4.79 Å². The Labute approximate surface area is 123 Å². The average molecular weight is 285 g/mol. The third kappa shape index (κ3) is 2.77. The van der Waals surface area contributed by atoms with Crippen LogP contribution in [0.3, 0.4) is 0 Å². The molecule has 1 aliphatic rings. The van der Waals surface area contributed by atoms with Crippen LogP contribution in [0.15, 0.2) is 30.5 Å². The topological polar surface area (TPSA) is 56.7 Å². The lowest BCUT2D eigenvalue weighted by atomic mass is 10.1. The minimum absolute atomic E-state index is 0.0556. The van der Waals surface area contributed by atoms with E-state index >= 15 is 0 Å². The SMILES string of the molecule is CN(CC(=O)O)c1nccc2cc(N3CCCC3)ccc12. The van der Waals surface area contributed by atoms with Gasteiger partial charge in [0.2, 0.25) is 0 Å². The molecule has 0 amide bonds. The van der Waals surface area contributed by atoms with Crippen LogP contribution in [0.2, 0.25) is 0 Å². The number of fused-ring (bicyclic) bond motifs is 1. The van der Waals surface area contributed by atoms with Crippen molar-refractivity contribution in [1.29, 1.82) is 0 Å². The highest BCUT2D eigenvalue weighted by molar-refractivity contribution is 5.95. The van der Waals surface area contributed by atoms with Crippen molar-refractivity contribution >= 4 is 28.2 Å². The molecule has 21 heavy (non-hydrogen) atoms. The highest BCUT2D eigenvalue weighted by atomic mass is 16.4. The number of rotatable bonds is 4. The zero-order valence-corrected chi connectivity index (χ0v) is 12.1. The van der Waals surface area contributed by atoms with Crippen LogP contribution in [0.4, 0.5) is 11.5 Å². The summed E-state index contributed by atoms with van der Waals surface area (Å²) in [5.41, 5.74) is 1.23. The van der Waals surface area contributed by atoms with Crippen molar-refractivity contribution in [2.75, 3.05) is 36.5 Å². The van der Waals surface area contributed by atoms with E-state index < -0.39 is 5.97 Å². The molecular formula is C16H19N3O2. The fourth-order valence-corrected chi connectivity index (χ4v) is 2.90. The smallest absolute Gasteiger partial charge is 0.323 e. The van der Waals surface area contributed by atoms with Gasteiger partial charge in [0.25, 0.3) is 0 Å². The number of aromatic nitrogens is 1. The molecule has 2 heterocycles. The fourth-order valence-electron chi connectivity index (χ4n) is 2.90. The summed E-state index contributed by atoms with van der Waals surface area (Å²) in [6.07, 6.45) is 4.24. The summed E-state index contributed by atoms with van der Waals surface area (Å²) in [6.45, 7) is 2.17. The Kier molecular flexibility index (Phi) is 3.64. The molecule has 0 saturated carbocycles. The van der Waals surface area contributed by atoms with E-state index in [1.807, 2.05) is 12.1 Å². The Hall–Kier alpha value is -2.30. The molecule has 0 bridgehead atoms. The number of hydrogen-bond donors (Lipinski definition) is 1. The number of benzene rings is 1. The first-order chi connectivity index (χ1) is 10.1. The van der Waals surface area contributed by atoms with Gasteiger partial charge in [0.1, 0.15) is 12.4 Å². The minimum atomic E-state index is -0.856. The molecule has 0 unspecified atom stereocenters. The Morgan fingerprint density at radius 2 is 2.10 bits per heavy atom. The van der Waals surface area contributed by atoms with Crippen molar-refractivity contribution in [3.8, 4) is 0 Å². The molecule has 0 spiro atoms. The largest absolute Gasteiger partial charge is 0.480 e. The highest BCUT2D eigenvalue weighted by Gasteiger charge is 2.15. The normalized spacial score (nSPS) is 14.6. The van der Waals surface area contributed by atoms with Crippen LogP contribution in [0, 0.1) is 0 Å². The lowest BCUT2D eigenvalue weighted by molar-refractivity contribution is -0.135. The van der Waals surface area contributed by atoms with Crippen molar-refractivity contribution in [2.45, 2.75) is 12.8 Å². The van der Waals surface area contributed by atoms with Crippen LogP contribution < -0.4 is 9.80 Å². The standard InChI is InChI=1S/C16H19N3O2/c1-18(11-15(20)21)16-14-5-4-13(19-8-2-3-9-19)10-12(14)6-7-17-16/h4-7,10H,2-3,8-9,11H2,1H3,(H,20,21). The predicted molar refractivity (Wildman–Crippen MR) is 84.1 cm³/mol. The molecule has 0 radical (unpaired) electrons. The molecule has 110 valence electrons. The molecule has 1 aromatic heterocycles. The number of carboxylic acids is 1. The maximum absolute atomic E-state index is 10.9. The molecule has 1 aliphatic heterocycles. The van der Waals surface area contributed by atoms with E-state index in [1.165, 1.54) is 18.5 Å². The second kappa shape index (κ2) is 5.60. The van der Waals surface area contributed by atoms with Gasteiger partial charge in [-0.3, -0.25) is 4.79 Å². The van der Waals surface area contributed by atoms with Crippen molar-refractivity contribution in [2.24, 2.45) is 0 Å². The minimum Gasteiger partial charge on any atom is -0.480 e. The van der Waals surface area contributed by atoms with E-state index in [0.29, 0.717) is 5.82 Å². The van der Waals surface area contributed by atoms with Gasteiger partial charge >= 0.3 is 5.97 Å². The Morgan fingerprint density at radius 3 is 2.81 bits per heavy atom. The maximum Gasteiger partial charge on any atom is 0.323 e. The summed E-state index contributed by atoms with van der Waals surface area (Å²) >= 11 is 0. The van der Waals surface area contributed by atoms with Gasteiger partial charge in [-0.05, 0) is 42.5 Å². The number of aliphatic carboxylic acids is 1. The average Bonchev–Trinajstić information content (AvgIpc) is 2.99. The number of likely N-dealkylation sites (N-methyl/N-ethyl adjacent to an activating group) is 1. The maximum atomic E-state index is 10.9. The number of anilines is 2. The Morgan fingerprint density at radius 1 is 1.33 bits per heavy atom. The van der Waals surface area contributed by atoms with Gasteiger partial charge in [-0.25, -0.2) is 4.98 Å². The van der Waals surface area contributed by atoms with Crippen molar-refractivity contribution < 1.29 is 9.90 Å². The molecule has 0 aliphatic carbocycles. The number of carbonyl (C=O) groups is 1. The van der Waals surface area contributed by atoms with Crippen LogP contribution in [0.25, 0.3) is 10.8 Å². The highest BCUT2D eigenvalue weighted by Crippen LogP contribution is 2.29. The van der Waals surface area contributed by atoms with Gasteiger partial charge in [0.05, 0.1) is 0 Å². The molecule has 2 aromatic rings. The molecule has 3 rings (SSSR count). The summed E-state index contributed by atoms with van der Waals surface area (Å²) in [5, 5.41) is 11.0. The molecule has 5 nitrogen and oxygen atoms in total. The molecule has 5 heteroatoms. The second-order valence-corrected chi connectivity index (χ2v) is 5.48. The third-order valence-electron chi connectivity index (χ3n) is 3.93. The first kappa shape index (κ1) is 13.7. The first-order valence-electron chi connectivity index (χ1n) is 7.22. The zero-order chi connectivity index (χ0) is 14.8. The summed E-state index contributed by atoms with van der Waals surface area (Å²) in [5.74, 6) is -0.145. The van der Waals surface area contributed by atoms with Crippen LogP contribution >= 0.6 is 0 Å². The quantitative estimate of drug-likeness (QED) is 0.934. The molecule has 1 saturated heterocycles. The van der Waals surface area contributed by atoms with E-state index in [2.05, 4.69) is 22.0 Å². The van der Waals surface area contributed by atoms with Crippen molar-refractivity contribution in [3.63, 3.8) is 0 Å². The zero-order valence-electron chi connectivity index (χ0n) is 12.1. The first-order valence-corrected chi connectivity index (χ1v) is 7.22. The van der Waals surface area contributed by atoms with E-state index in [1.54, 1.807) is 18.1 Å². The lowest BCUT2D eigenvalue weighted by Gasteiger charge is -2.20. The number of carboxylic acid groups (broad SMARTS) is 1. The Balaban J connectivity index is 1.98. The van der Waals surface area contributed by atoms with Crippen LogP contribution in [-0.4, -0.2) is 42.7 Å². The number of hydrogen-bond acceptors (Lipinski definition) is 4. The van der Waals surface area contributed by atoms with Crippen LogP contribution in [0.5, 0.6) is 0 Å². The third-order valence-corrected chi connectivity index (χ3v) is 3.93. The van der Waals surface area contributed by atoms with E-state index in [-0.39, 0.29) is 6.54 Å². The molecule has 1 aromatic carbocycles. The summed E-state index contributed by atoms with van der Waals surface area (Å²) in [4.78, 5) is 19.3. The van der Waals surface area contributed by atoms with Gasteiger partial charge < -0.3 is 14.9 Å². The summed E-state index contributed by atoms with van der Waals surface area (Å²) in [7, 11) is 1.75. The van der Waals surface area contributed by atoms with Gasteiger partial charge in [-0.15, -0.1) is 0 Å². The predicted octanol–water partition coefficient (Wildman–Crippen LogP) is 2.36. The molecular weight excluding hydrogens is 266 g/mol. The molecule has 0 atom stereocenters. The number of pyridine rings is 1. The molecule has 1 N–H and O–H groups in total.